The van der Waals surface area contributed by atoms with Gasteiger partial charge in [0.15, 0.2) is 6.10 Å². The fraction of sp³-hybridized carbons (Fsp3) is 0.222. The van der Waals surface area contributed by atoms with Gasteiger partial charge < -0.3 is 14.8 Å². The van der Waals surface area contributed by atoms with Crippen molar-refractivity contribution in [1.29, 1.82) is 0 Å². The Hall–Kier alpha value is -3.07. The molecule has 27 heavy (non-hydrogen) atoms. The number of hydrogen-bond acceptors (Lipinski definition) is 6. The summed E-state index contributed by atoms with van der Waals surface area (Å²) in [5, 5.41) is 2.46. The number of esters is 1. The maximum absolute atomic E-state index is 12.5. The molecule has 8 nitrogen and oxygen atoms in total. The molecule has 0 heterocycles. The van der Waals surface area contributed by atoms with Gasteiger partial charge in [0.2, 0.25) is 0 Å². The molecule has 0 saturated carbocycles. The van der Waals surface area contributed by atoms with E-state index in [4.69, 9.17) is 4.74 Å². The minimum Gasteiger partial charge on any atom is -0.481 e. The Morgan fingerprint density at radius 2 is 1.59 bits per heavy atom. The number of amides is 1. The number of likely N-dealkylation sites (N-methyl/N-ethyl adjacent to an activating group) is 1. The van der Waals surface area contributed by atoms with Gasteiger partial charge in [0.05, 0.1) is 17.6 Å². The molecule has 0 aliphatic carbocycles. The van der Waals surface area contributed by atoms with Gasteiger partial charge in [-0.1, -0.05) is 0 Å². The van der Waals surface area contributed by atoms with Crippen molar-refractivity contribution in [2.45, 2.75) is 17.9 Å². The number of ether oxygens (including phenoxy) is 2. The fourth-order valence-electron chi connectivity index (χ4n) is 2.16. The highest BCUT2D eigenvalue weighted by Crippen LogP contribution is 2.20. The smallest absolute Gasteiger partial charge is 0.337 e. The van der Waals surface area contributed by atoms with Crippen LogP contribution >= 0.6 is 0 Å². The summed E-state index contributed by atoms with van der Waals surface area (Å²) in [4.78, 5) is 22.9. The van der Waals surface area contributed by atoms with Crippen LogP contribution in [0.5, 0.6) is 5.75 Å². The van der Waals surface area contributed by atoms with Crippen molar-refractivity contribution in [1.82, 2.24) is 5.32 Å². The molecular weight excluding hydrogens is 372 g/mol. The van der Waals surface area contributed by atoms with Gasteiger partial charge >= 0.3 is 5.97 Å². The van der Waals surface area contributed by atoms with Crippen LogP contribution in [-0.4, -0.2) is 40.6 Å². The first-order chi connectivity index (χ1) is 12.8. The summed E-state index contributed by atoms with van der Waals surface area (Å²) in [6, 6.07) is 11.5. The first-order valence-electron chi connectivity index (χ1n) is 7.96. The number of nitrogens with one attached hydrogen (secondary N) is 2. The third kappa shape index (κ3) is 5.20. The topological polar surface area (TPSA) is 111 Å². The van der Waals surface area contributed by atoms with Crippen molar-refractivity contribution < 1.29 is 27.5 Å². The zero-order valence-electron chi connectivity index (χ0n) is 15.1. The van der Waals surface area contributed by atoms with Gasteiger partial charge in [0.1, 0.15) is 5.75 Å². The van der Waals surface area contributed by atoms with Crippen molar-refractivity contribution in [2.75, 3.05) is 18.9 Å². The fourth-order valence-corrected chi connectivity index (χ4v) is 3.22. The molecule has 1 atom stereocenters. The van der Waals surface area contributed by atoms with Crippen molar-refractivity contribution in [3.63, 3.8) is 0 Å². The number of carbonyl (C=O) groups is 2. The zero-order valence-corrected chi connectivity index (χ0v) is 15.9. The van der Waals surface area contributed by atoms with E-state index in [-0.39, 0.29) is 10.8 Å². The molecule has 0 saturated heterocycles. The Labute approximate surface area is 157 Å². The number of anilines is 1. The van der Waals surface area contributed by atoms with Crippen LogP contribution in [0.25, 0.3) is 0 Å². The summed E-state index contributed by atoms with van der Waals surface area (Å²) in [7, 11) is -1.05. The van der Waals surface area contributed by atoms with Crippen LogP contribution in [0.2, 0.25) is 0 Å². The van der Waals surface area contributed by atoms with Gasteiger partial charge in [-0.05, 0) is 55.5 Å². The number of sulfonamides is 1. The van der Waals surface area contributed by atoms with Crippen LogP contribution in [-0.2, 0) is 19.6 Å². The predicted octanol–water partition coefficient (Wildman–Crippen LogP) is 1.79. The van der Waals surface area contributed by atoms with Gasteiger partial charge in [-0.3, -0.25) is 9.52 Å². The van der Waals surface area contributed by atoms with Crippen molar-refractivity contribution >= 4 is 27.6 Å². The van der Waals surface area contributed by atoms with E-state index in [1.807, 2.05) is 0 Å². The van der Waals surface area contributed by atoms with Crippen LogP contribution in [0.1, 0.15) is 17.3 Å². The van der Waals surface area contributed by atoms with Crippen LogP contribution in [0.3, 0.4) is 0 Å². The molecule has 2 rings (SSSR count). The van der Waals surface area contributed by atoms with Gasteiger partial charge in [-0.2, -0.15) is 0 Å². The first-order valence-corrected chi connectivity index (χ1v) is 9.44. The lowest BCUT2D eigenvalue weighted by atomic mass is 10.2. The Morgan fingerprint density at radius 1 is 1.00 bits per heavy atom. The summed E-state index contributed by atoms with van der Waals surface area (Å²) >= 11 is 0. The van der Waals surface area contributed by atoms with E-state index in [2.05, 4.69) is 14.8 Å². The lowest BCUT2D eigenvalue weighted by Gasteiger charge is -2.14. The number of rotatable bonds is 7. The molecular formula is C18H20N2O6S. The highest BCUT2D eigenvalue weighted by atomic mass is 32.2. The maximum Gasteiger partial charge on any atom is 0.337 e. The lowest BCUT2D eigenvalue weighted by Crippen LogP contribution is -2.33. The quantitative estimate of drug-likeness (QED) is 0.695. The van der Waals surface area contributed by atoms with E-state index in [0.29, 0.717) is 17.0 Å². The molecule has 144 valence electrons. The van der Waals surface area contributed by atoms with Crippen molar-refractivity contribution in [2.24, 2.45) is 0 Å². The maximum atomic E-state index is 12.5. The lowest BCUT2D eigenvalue weighted by molar-refractivity contribution is -0.126. The molecule has 2 aromatic carbocycles. The molecule has 0 aromatic heterocycles. The number of hydrogen-bond donors (Lipinski definition) is 2. The highest BCUT2D eigenvalue weighted by Gasteiger charge is 2.16. The summed E-state index contributed by atoms with van der Waals surface area (Å²) in [6.07, 6.45) is -0.705. The van der Waals surface area contributed by atoms with Gasteiger partial charge in [-0.25, -0.2) is 13.2 Å². The van der Waals surface area contributed by atoms with Crippen LogP contribution in [0, 0.1) is 0 Å². The predicted molar refractivity (Wildman–Crippen MR) is 99.2 cm³/mol. The zero-order chi connectivity index (χ0) is 20.0. The normalized spacial score (nSPS) is 12.0. The Balaban J connectivity index is 2.10. The van der Waals surface area contributed by atoms with Crippen molar-refractivity contribution in [3.05, 3.63) is 54.1 Å². The average Bonchev–Trinajstić information content (AvgIpc) is 2.67. The van der Waals surface area contributed by atoms with Gasteiger partial charge in [-0.15, -0.1) is 0 Å². The van der Waals surface area contributed by atoms with Gasteiger partial charge in [0, 0.05) is 12.7 Å². The molecule has 0 unspecified atom stereocenters. The second kappa shape index (κ2) is 8.54. The molecule has 1 amide bonds. The minimum absolute atomic E-state index is 0.0273. The number of methoxy groups -OCH3 is 1. The molecule has 2 aromatic rings. The summed E-state index contributed by atoms with van der Waals surface area (Å²) < 4.78 is 37.4. The molecule has 0 spiro atoms. The Kier molecular flexibility index (Phi) is 6.40. The standard InChI is InChI=1S/C18H20N2O6S/c1-12(17(21)19-2)26-15-8-10-16(11-9-15)27(23,24)20-14-6-4-13(5-7-14)18(22)25-3/h4-12,20H,1-3H3,(H,19,21)/t12-/m1/s1. The van der Waals surface area contributed by atoms with Gasteiger partial charge in [0.25, 0.3) is 15.9 Å². The molecule has 0 bridgehead atoms. The monoisotopic (exact) mass is 392 g/mol. The summed E-state index contributed by atoms with van der Waals surface area (Å²) in [5.41, 5.74) is 0.614. The van der Waals surface area contributed by atoms with Crippen LogP contribution < -0.4 is 14.8 Å². The largest absolute Gasteiger partial charge is 0.481 e. The molecule has 0 fully saturated rings. The molecule has 0 aliphatic rings. The Bertz CT molecular complexity index is 908. The van der Waals surface area contributed by atoms with E-state index in [1.165, 1.54) is 62.7 Å². The minimum atomic E-state index is -3.82. The Morgan fingerprint density at radius 3 is 2.11 bits per heavy atom. The van der Waals surface area contributed by atoms with E-state index in [0.717, 1.165) is 0 Å². The average molecular weight is 392 g/mol. The van der Waals surface area contributed by atoms with Crippen LogP contribution in [0.15, 0.2) is 53.4 Å². The second-order valence-corrected chi connectivity index (χ2v) is 7.20. The highest BCUT2D eigenvalue weighted by molar-refractivity contribution is 7.92. The summed E-state index contributed by atoms with van der Waals surface area (Å²) in [6.45, 7) is 1.59. The SMILES string of the molecule is CNC(=O)[C@@H](C)Oc1ccc(S(=O)(=O)Nc2ccc(C(=O)OC)cc2)cc1. The van der Waals surface area contributed by atoms with Crippen LogP contribution in [0.4, 0.5) is 5.69 Å². The molecule has 0 aliphatic heterocycles. The third-order valence-electron chi connectivity index (χ3n) is 3.62. The molecule has 0 radical (unpaired) electrons. The van der Waals surface area contributed by atoms with E-state index in [1.54, 1.807) is 6.92 Å². The number of benzene rings is 2. The number of carbonyl (C=O) groups excluding carboxylic acids is 2. The van der Waals surface area contributed by atoms with E-state index < -0.39 is 22.1 Å². The molecule has 2 N–H and O–H groups in total. The second-order valence-electron chi connectivity index (χ2n) is 5.52. The van der Waals surface area contributed by atoms with Crippen molar-refractivity contribution in [3.8, 4) is 5.75 Å². The van der Waals surface area contributed by atoms with E-state index >= 15 is 0 Å². The van der Waals surface area contributed by atoms with E-state index in [9.17, 15) is 18.0 Å². The third-order valence-corrected chi connectivity index (χ3v) is 5.02. The molecule has 9 heteroatoms. The first kappa shape index (κ1) is 20.2. The summed E-state index contributed by atoms with van der Waals surface area (Å²) in [5.74, 6) is -0.428.